The fraction of sp³-hybridized carbons (Fsp3) is 0.385. The number of ether oxygens (including phenoxy) is 1. The molecular weight excluding hydrogens is 331 g/mol. The van der Waals surface area contributed by atoms with E-state index in [0.29, 0.717) is 24.2 Å². The van der Waals surface area contributed by atoms with Crippen LogP contribution >= 0.6 is 28.1 Å². The second kappa shape index (κ2) is 5.17. The molecule has 2 heterocycles. The van der Waals surface area contributed by atoms with Gasteiger partial charge in [-0.3, -0.25) is 0 Å². The summed E-state index contributed by atoms with van der Waals surface area (Å²) in [6.07, 6.45) is 5.90. The normalized spacial score (nSPS) is 18.2. The predicted molar refractivity (Wildman–Crippen MR) is 77.1 cm³/mol. The molecule has 0 saturated heterocycles. The minimum Gasteiger partial charge on any atom is -0.477 e. The molecule has 1 aromatic rings. The van der Waals surface area contributed by atoms with Crippen LogP contribution in [0.25, 0.3) is 0 Å². The van der Waals surface area contributed by atoms with E-state index in [0.717, 1.165) is 24.1 Å². The Morgan fingerprint density at radius 3 is 2.89 bits per heavy atom. The average Bonchev–Trinajstić information content (AvgIpc) is 3.13. The van der Waals surface area contributed by atoms with E-state index in [1.807, 2.05) is 6.08 Å². The lowest BCUT2D eigenvalue weighted by Crippen LogP contribution is -2.26. The molecule has 0 unspecified atom stereocenters. The molecular formula is C13H12BrFN2OS. The van der Waals surface area contributed by atoms with E-state index in [2.05, 4.69) is 25.8 Å². The van der Waals surface area contributed by atoms with Crippen molar-refractivity contribution in [3.05, 3.63) is 40.0 Å². The third kappa shape index (κ3) is 2.95. The van der Waals surface area contributed by atoms with Crippen molar-refractivity contribution in [2.45, 2.75) is 25.4 Å². The minimum absolute atomic E-state index is 0.249. The van der Waals surface area contributed by atoms with E-state index in [1.54, 1.807) is 6.20 Å². The van der Waals surface area contributed by atoms with Crippen molar-refractivity contribution in [3.8, 4) is 0 Å². The smallest absolute Gasteiger partial charge is 0.186 e. The zero-order valence-corrected chi connectivity index (χ0v) is 12.5. The van der Waals surface area contributed by atoms with E-state index in [1.165, 1.54) is 6.07 Å². The van der Waals surface area contributed by atoms with Crippen molar-refractivity contribution in [2.75, 3.05) is 6.61 Å². The first-order valence-corrected chi connectivity index (χ1v) is 7.27. The van der Waals surface area contributed by atoms with Crippen molar-refractivity contribution >= 4 is 33.2 Å². The van der Waals surface area contributed by atoms with Crippen LogP contribution < -0.4 is 0 Å². The van der Waals surface area contributed by atoms with Crippen LogP contribution in [0, 0.1) is 5.82 Å². The Bertz CT molecular complexity index is 560. The summed E-state index contributed by atoms with van der Waals surface area (Å²) in [5, 5.41) is 0.528. The van der Waals surface area contributed by atoms with Gasteiger partial charge in [0.25, 0.3) is 0 Å². The number of pyridine rings is 1. The SMILES string of the molecule is Fc1cc(CN(C2=CC(=S)OC2)C2CC2)cnc1Br. The van der Waals surface area contributed by atoms with E-state index in [4.69, 9.17) is 17.0 Å². The Morgan fingerprint density at radius 2 is 2.32 bits per heavy atom. The third-order valence-electron chi connectivity index (χ3n) is 3.21. The van der Waals surface area contributed by atoms with Crippen LogP contribution in [-0.4, -0.2) is 27.6 Å². The van der Waals surface area contributed by atoms with Gasteiger partial charge < -0.3 is 9.64 Å². The molecule has 3 nitrogen and oxygen atoms in total. The van der Waals surface area contributed by atoms with Crippen LogP contribution in [-0.2, 0) is 11.3 Å². The molecule has 0 atom stereocenters. The van der Waals surface area contributed by atoms with Gasteiger partial charge in [0.1, 0.15) is 11.2 Å². The topological polar surface area (TPSA) is 25.4 Å². The fourth-order valence-corrected chi connectivity index (χ4v) is 2.54. The summed E-state index contributed by atoms with van der Waals surface area (Å²) in [6, 6.07) is 2.03. The standard InChI is InChI=1S/C13H12BrFN2OS/c14-13-11(15)3-8(5-16-13)6-17(9-1-2-9)10-4-12(19)18-7-10/h3-5,9H,1-2,6-7H2. The van der Waals surface area contributed by atoms with E-state index in [9.17, 15) is 4.39 Å². The van der Waals surface area contributed by atoms with Gasteiger partial charge in [0, 0.05) is 24.9 Å². The van der Waals surface area contributed by atoms with Crippen LogP contribution in [0.15, 0.2) is 28.6 Å². The van der Waals surface area contributed by atoms with Gasteiger partial charge in [0.05, 0.1) is 5.70 Å². The minimum atomic E-state index is -0.333. The zero-order valence-electron chi connectivity index (χ0n) is 10.1. The monoisotopic (exact) mass is 342 g/mol. The van der Waals surface area contributed by atoms with Crippen molar-refractivity contribution < 1.29 is 9.13 Å². The number of hydrogen-bond acceptors (Lipinski definition) is 4. The lowest BCUT2D eigenvalue weighted by Gasteiger charge is -2.24. The molecule has 2 aliphatic rings. The highest BCUT2D eigenvalue weighted by atomic mass is 79.9. The number of hydrogen-bond donors (Lipinski definition) is 0. The molecule has 1 saturated carbocycles. The maximum Gasteiger partial charge on any atom is 0.186 e. The largest absolute Gasteiger partial charge is 0.477 e. The maximum atomic E-state index is 13.5. The quantitative estimate of drug-likeness (QED) is 0.619. The Hall–Kier alpha value is -1.01. The van der Waals surface area contributed by atoms with Gasteiger partial charge in [0.15, 0.2) is 10.9 Å². The summed E-state index contributed by atoms with van der Waals surface area (Å²) in [5.74, 6) is -0.333. The first-order chi connectivity index (χ1) is 9.13. The van der Waals surface area contributed by atoms with E-state index in [-0.39, 0.29) is 10.4 Å². The molecule has 0 N–H and O–H groups in total. The Labute approximate surface area is 124 Å². The highest BCUT2D eigenvalue weighted by Crippen LogP contribution is 2.33. The van der Waals surface area contributed by atoms with Crippen molar-refractivity contribution in [2.24, 2.45) is 0 Å². The molecule has 6 heteroatoms. The van der Waals surface area contributed by atoms with Crippen LogP contribution in [0.5, 0.6) is 0 Å². The van der Waals surface area contributed by atoms with E-state index < -0.39 is 0 Å². The summed E-state index contributed by atoms with van der Waals surface area (Å²) >= 11 is 8.08. The van der Waals surface area contributed by atoms with Gasteiger partial charge in [-0.25, -0.2) is 9.37 Å². The molecule has 0 radical (unpaired) electrons. The first kappa shape index (κ1) is 13.0. The van der Waals surface area contributed by atoms with Crippen molar-refractivity contribution in [3.63, 3.8) is 0 Å². The molecule has 3 rings (SSSR count). The molecule has 19 heavy (non-hydrogen) atoms. The van der Waals surface area contributed by atoms with Crippen molar-refractivity contribution in [1.29, 1.82) is 0 Å². The fourth-order valence-electron chi connectivity index (χ4n) is 2.13. The van der Waals surface area contributed by atoms with Gasteiger partial charge in [-0.1, -0.05) is 0 Å². The number of rotatable bonds is 4. The first-order valence-electron chi connectivity index (χ1n) is 6.07. The number of nitrogens with zero attached hydrogens (tertiary/aromatic N) is 2. The number of aromatic nitrogens is 1. The molecule has 0 bridgehead atoms. The molecule has 1 fully saturated rings. The molecule has 0 aromatic carbocycles. The summed E-state index contributed by atoms with van der Waals surface area (Å²) in [6.45, 7) is 1.15. The number of halogens is 2. The van der Waals surface area contributed by atoms with Gasteiger partial charge in [0.2, 0.25) is 0 Å². The summed E-state index contributed by atoms with van der Waals surface area (Å²) < 4.78 is 19.1. The van der Waals surface area contributed by atoms with Crippen LogP contribution in [0.3, 0.4) is 0 Å². The molecule has 1 aliphatic carbocycles. The predicted octanol–water partition coefficient (Wildman–Crippen LogP) is 3.19. The lowest BCUT2D eigenvalue weighted by atomic mass is 10.2. The highest BCUT2D eigenvalue weighted by Gasteiger charge is 2.32. The molecule has 1 aromatic heterocycles. The van der Waals surface area contributed by atoms with Gasteiger partial charge in [-0.2, -0.15) is 0 Å². The van der Waals surface area contributed by atoms with E-state index >= 15 is 0 Å². The third-order valence-corrected chi connectivity index (χ3v) is 4.03. The van der Waals surface area contributed by atoms with Gasteiger partial charge >= 0.3 is 0 Å². The van der Waals surface area contributed by atoms with Crippen molar-refractivity contribution in [1.82, 2.24) is 9.88 Å². The second-order valence-corrected chi connectivity index (χ2v) is 5.87. The van der Waals surface area contributed by atoms with Crippen LogP contribution in [0.1, 0.15) is 18.4 Å². The van der Waals surface area contributed by atoms with Gasteiger partial charge in [-0.05, 0) is 52.6 Å². The summed E-state index contributed by atoms with van der Waals surface area (Å²) in [7, 11) is 0. The average molecular weight is 343 g/mol. The summed E-state index contributed by atoms with van der Waals surface area (Å²) in [5.41, 5.74) is 1.93. The lowest BCUT2D eigenvalue weighted by molar-refractivity contribution is 0.266. The Kier molecular flexibility index (Phi) is 3.54. The Morgan fingerprint density at radius 1 is 1.53 bits per heavy atom. The van der Waals surface area contributed by atoms with Gasteiger partial charge in [-0.15, -0.1) is 0 Å². The maximum absolute atomic E-state index is 13.5. The Balaban J connectivity index is 1.80. The molecule has 0 amide bonds. The van der Waals surface area contributed by atoms with Crippen LogP contribution in [0.2, 0.25) is 0 Å². The molecule has 100 valence electrons. The second-order valence-electron chi connectivity index (χ2n) is 4.72. The summed E-state index contributed by atoms with van der Waals surface area (Å²) in [4.78, 5) is 6.23. The zero-order chi connectivity index (χ0) is 13.4. The van der Waals surface area contributed by atoms with Crippen LogP contribution in [0.4, 0.5) is 4.39 Å². The molecule has 0 spiro atoms. The highest BCUT2D eigenvalue weighted by molar-refractivity contribution is 9.10. The number of thiocarbonyl (C=S) groups is 1. The molecule has 1 aliphatic heterocycles.